The normalized spacial score (nSPS) is 10.3. The van der Waals surface area contributed by atoms with E-state index in [1.54, 1.807) is 60.8 Å². The van der Waals surface area contributed by atoms with Crippen molar-refractivity contribution in [1.29, 1.82) is 0 Å². The summed E-state index contributed by atoms with van der Waals surface area (Å²) in [4.78, 5) is 29.8. The fourth-order valence-corrected chi connectivity index (χ4v) is 3.10. The van der Waals surface area contributed by atoms with Gasteiger partial charge in [-0.15, -0.1) is 11.8 Å². The number of rotatable bonds is 6. The van der Waals surface area contributed by atoms with E-state index >= 15 is 0 Å². The van der Waals surface area contributed by atoms with Crippen LogP contribution in [0.3, 0.4) is 0 Å². The summed E-state index contributed by atoms with van der Waals surface area (Å²) < 4.78 is 0. The number of nitrogens with zero attached hydrogens (tertiary/aromatic N) is 1. The highest BCUT2D eigenvalue weighted by molar-refractivity contribution is 8.00. The van der Waals surface area contributed by atoms with Gasteiger partial charge in [-0.05, 0) is 48.5 Å². The fourth-order valence-electron chi connectivity index (χ4n) is 2.28. The van der Waals surface area contributed by atoms with E-state index in [4.69, 9.17) is 11.6 Å². The number of carbonyl (C=O) groups excluding carboxylic acids is 2. The average molecular weight is 398 g/mol. The van der Waals surface area contributed by atoms with Gasteiger partial charge in [-0.25, -0.2) is 4.98 Å². The van der Waals surface area contributed by atoms with Gasteiger partial charge < -0.3 is 10.6 Å². The van der Waals surface area contributed by atoms with Gasteiger partial charge in [0, 0.05) is 16.1 Å². The van der Waals surface area contributed by atoms with Crippen LogP contribution in [-0.2, 0) is 4.79 Å². The quantitative estimate of drug-likeness (QED) is 0.590. The van der Waals surface area contributed by atoms with Gasteiger partial charge in [0.25, 0.3) is 5.91 Å². The molecule has 5 nitrogen and oxygen atoms in total. The molecule has 0 bridgehead atoms. The first-order chi connectivity index (χ1) is 13.1. The standard InChI is InChI=1S/C20H16ClN3O2S/c21-14-8-10-15(11-9-14)27-13-19(25)23-17-6-2-1-5-16(17)20(26)24-18-7-3-4-12-22-18/h1-12H,13H2,(H,23,25)(H,22,24,26). The second-order valence-corrected chi connectivity index (χ2v) is 6.99. The smallest absolute Gasteiger partial charge is 0.258 e. The van der Waals surface area contributed by atoms with E-state index in [0.717, 1.165) is 4.90 Å². The molecule has 0 spiro atoms. The van der Waals surface area contributed by atoms with Crippen molar-refractivity contribution in [2.24, 2.45) is 0 Å². The third-order valence-corrected chi connectivity index (χ3v) is 4.80. The molecule has 2 amide bonds. The van der Waals surface area contributed by atoms with Crippen LogP contribution in [0.2, 0.25) is 5.02 Å². The number of amides is 2. The van der Waals surface area contributed by atoms with E-state index in [2.05, 4.69) is 15.6 Å². The lowest BCUT2D eigenvalue weighted by Gasteiger charge is -2.11. The van der Waals surface area contributed by atoms with Crippen LogP contribution in [0.15, 0.2) is 77.8 Å². The highest BCUT2D eigenvalue weighted by Gasteiger charge is 2.14. The zero-order chi connectivity index (χ0) is 19.1. The van der Waals surface area contributed by atoms with Gasteiger partial charge in [0.05, 0.1) is 17.0 Å². The van der Waals surface area contributed by atoms with Crippen molar-refractivity contribution >= 4 is 46.7 Å². The maximum absolute atomic E-state index is 12.5. The van der Waals surface area contributed by atoms with Crippen molar-refractivity contribution in [3.8, 4) is 0 Å². The van der Waals surface area contributed by atoms with Gasteiger partial charge >= 0.3 is 0 Å². The minimum Gasteiger partial charge on any atom is -0.325 e. The molecular formula is C20H16ClN3O2S. The molecule has 0 radical (unpaired) electrons. The summed E-state index contributed by atoms with van der Waals surface area (Å²) in [6.45, 7) is 0. The van der Waals surface area contributed by atoms with Crippen molar-refractivity contribution in [1.82, 2.24) is 4.98 Å². The predicted molar refractivity (Wildman–Crippen MR) is 109 cm³/mol. The minimum atomic E-state index is -0.338. The molecule has 1 aromatic heterocycles. The summed E-state index contributed by atoms with van der Waals surface area (Å²) >= 11 is 7.25. The summed E-state index contributed by atoms with van der Waals surface area (Å²) in [7, 11) is 0. The summed E-state index contributed by atoms with van der Waals surface area (Å²) in [6, 6.07) is 19.4. The van der Waals surface area contributed by atoms with E-state index in [1.165, 1.54) is 11.8 Å². The average Bonchev–Trinajstić information content (AvgIpc) is 2.69. The lowest BCUT2D eigenvalue weighted by molar-refractivity contribution is -0.113. The molecule has 0 aliphatic rings. The molecule has 0 saturated heterocycles. The van der Waals surface area contributed by atoms with Crippen molar-refractivity contribution in [3.63, 3.8) is 0 Å². The highest BCUT2D eigenvalue weighted by Crippen LogP contribution is 2.21. The molecule has 0 atom stereocenters. The summed E-state index contributed by atoms with van der Waals surface area (Å²) in [6.07, 6.45) is 1.59. The third-order valence-electron chi connectivity index (χ3n) is 3.54. The summed E-state index contributed by atoms with van der Waals surface area (Å²) in [5.74, 6) is 0.127. The van der Waals surface area contributed by atoms with E-state index in [-0.39, 0.29) is 17.6 Å². The number of para-hydroxylation sites is 1. The van der Waals surface area contributed by atoms with Crippen LogP contribution in [0.1, 0.15) is 10.4 Å². The van der Waals surface area contributed by atoms with E-state index in [1.807, 2.05) is 12.1 Å². The zero-order valence-corrected chi connectivity index (χ0v) is 15.8. The monoisotopic (exact) mass is 397 g/mol. The number of carbonyl (C=O) groups is 2. The number of halogens is 1. The molecule has 0 unspecified atom stereocenters. The third kappa shape index (κ3) is 5.57. The molecule has 0 fully saturated rings. The molecule has 3 aromatic rings. The molecule has 3 rings (SSSR count). The maximum atomic E-state index is 12.5. The van der Waals surface area contributed by atoms with Gasteiger partial charge in [-0.3, -0.25) is 9.59 Å². The second-order valence-electron chi connectivity index (χ2n) is 5.51. The SMILES string of the molecule is O=C(CSc1ccc(Cl)cc1)Nc1ccccc1C(=O)Nc1ccccn1. The lowest BCUT2D eigenvalue weighted by atomic mass is 10.1. The number of pyridine rings is 1. The number of anilines is 2. The van der Waals surface area contributed by atoms with Gasteiger partial charge in [0.1, 0.15) is 5.82 Å². The minimum absolute atomic E-state index is 0.201. The zero-order valence-electron chi connectivity index (χ0n) is 14.2. The van der Waals surface area contributed by atoms with Crippen LogP contribution < -0.4 is 10.6 Å². The number of nitrogens with one attached hydrogen (secondary N) is 2. The Morgan fingerprint density at radius 2 is 1.67 bits per heavy atom. The van der Waals surface area contributed by atoms with Gasteiger partial charge in [-0.2, -0.15) is 0 Å². The molecule has 7 heteroatoms. The molecule has 2 N–H and O–H groups in total. The van der Waals surface area contributed by atoms with Crippen LogP contribution in [-0.4, -0.2) is 22.6 Å². The van der Waals surface area contributed by atoms with Crippen LogP contribution >= 0.6 is 23.4 Å². The Hall–Kier alpha value is -2.83. The lowest BCUT2D eigenvalue weighted by Crippen LogP contribution is -2.19. The fraction of sp³-hybridized carbons (Fsp3) is 0.0500. The maximum Gasteiger partial charge on any atom is 0.258 e. The first-order valence-electron chi connectivity index (χ1n) is 8.11. The van der Waals surface area contributed by atoms with Crippen molar-refractivity contribution in [2.45, 2.75) is 4.90 Å². The largest absolute Gasteiger partial charge is 0.325 e. The number of benzene rings is 2. The van der Waals surface area contributed by atoms with Crippen molar-refractivity contribution in [3.05, 3.63) is 83.5 Å². The number of thioether (sulfide) groups is 1. The van der Waals surface area contributed by atoms with Crippen LogP contribution in [0.5, 0.6) is 0 Å². The molecule has 136 valence electrons. The summed E-state index contributed by atoms with van der Waals surface area (Å²) in [5.41, 5.74) is 0.820. The van der Waals surface area contributed by atoms with Crippen LogP contribution in [0.4, 0.5) is 11.5 Å². The van der Waals surface area contributed by atoms with E-state index in [9.17, 15) is 9.59 Å². The Balaban J connectivity index is 1.63. The van der Waals surface area contributed by atoms with Crippen molar-refractivity contribution in [2.75, 3.05) is 16.4 Å². The molecule has 0 aliphatic carbocycles. The Morgan fingerprint density at radius 1 is 0.926 bits per heavy atom. The molecule has 1 heterocycles. The van der Waals surface area contributed by atoms with Gasteiger partial charge in [-0.1, -0.05) is 29.8 Å². The number of aromatic nitrogens is 1. The second kappa shape index (κ2) is 9.21. The Labute approximate surface area is 166 Å². The summed E-state index contributed by atoms with van der Waals surface area (Å²) in [5, 5.41) is 6.16. The molecular weight excluding hydrogens is 382 g/mol. The van der Waals surface area contributed by atoms with Gasteiger partial charge in [0.15, 0.2) is 0 Å². The van der Waals surface area contributed by atoms with Gasteiger partial charge in [0.2, 0.25) is 5.91 Å². The van der Waals surface area contributed by atoms with E-state index in [0.29, 0.717) is 22.1 Å². The first-order valence-corrected chi connectivity index (χ1v) is 9.48. The Bertz CT molecular complexity index is 933. The van der Waals surface area contributed by atoms with Crippen LogP contribution in [0, 0.1) is 0 Å². The molecule has 0 saturated carbocycles. The molecule has 0 aliphatic heterocycles. The highest BCUT2D eigenvalue weighted by atomic mass is 35.5. The molecule has 2 aromatic carbocycles. The topological polar surface area (TPSA) is 71.1 Å². The van der Waals surface area contributed by atoms with E-state index < -0.39 is 0 Å². The van der Waals surface area contributed by atoms with Crippen LogP contribution in [0.25, 0.3) is 0 Å². The number of hydrogen-bond acceptors (Lipinski definition) is 4. The Kier molecular flexibility index (Phi) is 6.46. The predicted octanol–water partition coefficient (Wildman–Crippen LogP) is 4.72. The first kappa shape index (κ1) is 18.9. The number of hydrogen-bond donors (Lipinski definition) is 2. The Morgan fingerprint density at radius 3 is 2.41 bits per heavy atom. The molecule has 27 heavy (non-hydrogen) atoms. The van der Waals surface area contributed by atoms with Crippen molar-refractivity contribution < 1.29 is 9.59 Å².